The van der Waals surface area contributed by atoms with E-state index in [2.05, 4.69) is 32.5 Å². The van der Waals surface area contributed by atoms with E-state index in [0.717, 1.165) is 35.5 Å². The Hall–Kier alpha value is -3.01. The largest absolute Gasteiger partial charge is 0.491 e. The number of aliphatic hydroxyl groups is 1. The van der Waals surface area contributed by atoms with Crippen LogP contribution < -0.4 is 20.3 Å². The molecule has 1 aliphatic carbocycles. The quantitative estimate of drug-likeness (QED) is 0.365. The van der Waals surface area contributed by atoms with Crippen molar-refractivity contribution in [2.75, 3.05) is 37.5 Å². The summed E-state index contributed by atoms with van der Waals surface area (Å²) in [4.78, 5) is 20.3. The fraction of sp³-hybridized carbons (Fsp3) is 0.462. The Morgan fingerprint density at radius 1 is 1.14 bits per heavy atom. The van der Waals surface area contributed by atoms with E-state index in [-0.39, 0.29) is 6.61 Å². The number of nitrogens with one attached hydrogen (secondary N) is 2. The van der Waals surface area contributed by atoms with E-state index in [4.69, 9.17) is 26.3 Å². The van der Waals surface area contributed by atoms with Crippen molar-refractivity contribution >= 4 is 28.9 Å². The predicted octanol–water partition coefficient (Wildman–Crippen LogP) is 4.37. The minimum Gasteiger partial charge on any atom is -0.491 e. The molecule has 10 heteroatoms. The molecule has 3 aromatic rings. The molecule has 2 aromatic heterocycles. The first-order chi connectivity index (χ1) is 17.4. The molecule has 0 bridgehead atoms. The van der Waals surface area contributed by atoms with E-state index >= 15 is 0 Å². The van der Waals surface area contributed by atoms with Crippen LogP contribution in [-0.4, -0.2) is 64.4 Å². The summed E-state index contributed by atoms with van der Waals surface area (Å²) in [5, 5.41) is 16.8. The van der Waals surface area contributed by atoms with Crippen molar-refractivity contribution in [2.45, 2.75) is 51.2 Å². The van der Waals surface area contributed by atoms with Crippen LogP contribution in [0, 0.1) is 6.92 Å². The minimum atomic E-state index is -0.632. The Balaban J connectivity index is 1.71. The number of anilines is 3. The zero-order chi connectivity index (χ0) is 25.5. The van der Waals surface area contributed by atoms with Gasteiger partial charge in [-0.25, -0.2) is 19.9 Å². The third-order valence-electron chi connectivity index (χ3n) is 6.41. The normalized spacial score (nSPS) is 14.9. The molecule has 1 atom stereocenters. The molecule has 0 radical (unpaired) electrons. The monoisotopic (exact) mass is 511 g/mol. The number of aliphatic hydroxyl groups excluding tert-OH is 1. The summed E-state index contributed by atoms with van der Waals surface area (Å²) in [6.07, 6.45) is 10.3. The molecule has 1 aromatic carbocycles. The number of benzene rings is 1. The van der Waals surface area contributed by atoms with Crippen LogP contribution in [0.3, 0.4) is 0 Å². The van der Waals surface area contributed by atoms with Crippen molar-refractivity contribution in [3.05, 3.63) is 47.5 Å². The highest BCUT2D eigenvalue weighted by Crippen LogP contribution is 2.34. The number of aromatic nitrogens is 4. The first-order valence-electron chi connectivity index (χ1n) is 12.3. The highest BCUT2D eigenvalue weighted by atomic mass is 35.5. The Morgan fingerprint density at radius 3 is 2.61 bits per heavy atom. The molecule has 4 rings (SSSR count). The zero-order valence-electron chi connectivity index (χ0n) is 21.0. The lowest BCUT2D eigenvalue weighted by molar-refractivity contribution is 0.108. The van der Waals surface area contributed by atoms with Gasteiger partial charge in [0.1, 0.15) is 36.4 Å². The number of hydrogen-bond donors (Lipinski definition) is 3. The molecule has 1 aliphatic rings. The molecule has 1 fully saturated rings. The van der Waals surface area contributed by atoms with Crippen molar-refractivity contribution in [3.8, 4) is 17.1 Å². The van der Waals surface area contributed by atoms with Crippen LogP contribution in [0.2, 0.25) is 5.02 Å². The highest BCUT2D eigenvalue weighted by Gasteiger charge is 2.23. The number of ether oxygens (including phenoxy) is 1. The minimum absolute atomic E-state index is 0.145. The third kappa shape index (κ3) is 6.60. The van der Waals surface area contributed by atoms with Gasteiger partial charge in [-0.3, -0.25) is 0 Å². The van der Waals surface area contributed by atoms with Crippen molar-refractivity contribution < 1.29 is 9.84 Å². The molecular formula is C26H34ClN7O2. The zero-order valence-corrected chi connectivity index (χ0v) is 21.8. The van der Waals surface area contributed by atoms with Gasteiger partial charge in [0.15, 0.2) is 5.82 Å². The Kier molecular flexibility index (Phi) is 8.90. The number of halogens is 1. The van der Waals surface area contributed by atoms with Crippen molar-refractivity contribution in [3.63, 3.8) is 0 Å². The van der Waals surface area contributed by atoms with Crippen molar-refractivity contribution in [1.29, 1.82) is 0 Å². The Bertz CT molecular complexity index is 1140. The van der Waals surface area contributed by atoms with Gasteiger partial charge in [-0.15, -0.1) is 0 Å². The van der Waals surface area contributed by atoms with Gasteiger partial charge in [0.25, 0.3) is 0 Å². The lowest BCUT2D eigenvalue weighted by atomic mass is 9.94. The summed E-state index contributed by atoms with van der Waals surface area (Å²) in [7, 11) is 3.89. The molecule has 1 unspecified atom stereocenters. The van der Waals surface area contributed by atoms with Gasteiger partial charge in [0.05, 0.1) is 18.1 Å². The Labute approximate surface area is 217 Å². The average Bonchev–Trinajstić information content (AvgIpc) is 2.89. The predicted molar refractivity (Wildman–Crippen MR) is 143 cm³/mol. The van der Waals surface area contributed by atoms with Crippen LogP contribution in [0.4, 0.5) is 17.3 Å². The molecule has 1 saturated carbocycles. The fourth-order valence-electron chi connectivity index (χ4n) is 4.50. The van der Waals surface area contributed by atoms with Gasteiger partial charge in [0, 0.05) is 35.8 Å². The highest BCUT2D eigenvalue weighted by molar-refractivity contribution is 6.31. The van der Waals surface area contributed by atoms with Gasteiger partial charge in [0.2, 0.25) is 0 Å². The first kappa shape index (κ1) is 26.1. The number of rotatable bonds is 10. The van der Waals surface area contributed by atoms with E-state index in [1.54, 1.807) is 25.5 Å². The average molecular weight is 512 g/mol. The molecule has 0 amide bonds. The molecule has 0 saturated heterocycles. The second kappa shape index (κ2) is 12.3. The van der Waals surface area contributed by atoms with Crippen LogP contribution in [-0.2, 0) is 0 Å². The van der Waals surface area contributed by atoms with E-state index in [9.17, 15) is 5.11 Å². The number of hydrogen-bond acceptors (Lipinski definition) is 9. The maximum Gasteiger partial charge on any atom is 0.164 e. The van der Waals surface area contributed by atoms with E-state index in [0.29, 0.717) is 35.0 Å². The van der Waals surface area contributed by atoms with E-state index in [1.807, 2.05) is 19.1 Å². The summed E-state index contributed by atoms with van der Waals surface area (Å²) < 4.78 is 5.81. The summed E-state index contributed by atoms with van der Waals surface area (Å²) in [5.41, 5.74) is 2.42. The smallest absolute Gasteiger partial charge is 0.164 e. The van der Waals surface area contributed by atoms with Crippen molar-refractivity contribution in [2.24, 2.45) is 0 Å². The van der Waals surface area contributed by atoms with Crippen LogP contribution in [0.1, 0.15) is 37.7 Å². The molecule has 36 heavy (non-hydrogen) atoms. The number of likely N-dealkylation sites (N-methyl/N-ethyl adjacent to an activating group) is 1. The molecule has 2 heterocycles. The van der Waals surface area contributed by atoms with Crippen LogP contribution in [0.5, 0.6) is 5.75 Å². The van der Waals surface area contributed by atoms with Gasteiger partial charge in [-0.2, -0.15) is 0 Å². The third-order valence-corrected chi connectivity index (χ3v) is 6.63. The molecule has 192 valence electrons. The van der Waals surface area contributed by atoms with Crippen LogP contribution in [0.25, 0.3) is 11.4 Å². The SMILES string of the molecule is CNCC(O)COc1cc(Cl)cc(-c2nc(Nc3cncnc3)c(C)c(N(C)C3CCCCC3)n2)c1. The molecule has 3 N–H and O–H groups in total. The molecule has 0 spiro atoms. The lowest BCUT2D eigenvalue weighted by Crippen LogP contribution is -2.34. The van der Waals surface area contributed by atoms with Crippen LogP contribution >= 0.6 is 11.6 Å². The second-order valence-corrected chi connectivity index (χ2v) is 9.63. The Morgan fingerprint density at radius 2 is 1.89 bits per heavy atom. The maximum atomic E-state index is 10.0. The maximum absolute atomic E-state index is 10.0. The first-order valence-corrected chi connectivity index (χ1v) is 12.7. The fourth-order valence-corrected chi connectivity index (χ4v) is 4.73. The van der Waals surface area contributed by atoms with Gasteiger partial charge >= 0.3 is 0 Å². The standard InChI is InChI=1S/C26H34ClN7O2/c1-17-24(31-20-12-29-16-30-13-20)32-25(33-26(17)34(3)21-7-5-4-6-8-21)18-9-19(27)11-23(10-18)36-15-22(35)14-28-2/h9-13,16,21-22,28,35H,4-8,14-15H2,1-3H3,(H,31,32,33). The summed E-state index contributed by atoms with van der Waals surface area (Å²) in [6, 6.07) is 5.83. The summed E-state index contributed by atoms with van der Waals surface area (Å²) in [5.74, 6) is 2.63. The molecule has 9 nitrogen and oxygen atoms in total. The van der Waals surface area contributed by atoms with Crippen molar-refractivity contribution in [1.82, 2.24) is 25.3 Å². The van der Waals surface area contributed by atoms with Gasteiger partial charge < -0.3 is 25.4 Å². The van der Waals surface area contributed by atoms with E-state index in [1.165, 1.54) is 25.6 Å². The topological polar surface area (TPSA) is 108 Å². The summed E-state index contributed by atoms with van der Waals surface area (Å²) >= 11 is 6.45. The van der Waals surface area contributed by atoms with E-state index < -0.39 is 6.10 Å². The summed E-state index contributed by atoms with van der Waals surface area (Å²) in [6.45, 7) is 2.61. The molecular weight excluding hydrogens is 478 g/mol. The molecule has 0 aliphatic heterocycles. The van der Waals surface area contributed by atoms with Gasteiger partial charge in [-0.1, -0.05) is 30.9 Å². The lowest BCUT2D eigenvalue weighted by Gasteiger charge is -2.33. The number of nitrogens with zero attached hydrogens (tertiary/aromatic N) is 5. The van der Waals surface area contributed by atoms with Gasteiger partial charge in [-0.05, 0) is 45.0 Å². The second-order valence-electron chi connectivity index (χ2n) is 9.20. The van der Waals surface area contributed by atoms with Crippen LogP contribution in [0.15, 0.2) is 36.9 Å².